The fourth-order valence-electron chi connectivity index (χ4n) is 9.00. The number of likely N-dealkylation sites (N-methyl/N-ethyl adjacent to an activating group) is 1. The molecule has 67 heavy (non-hydrogen) atoms. The van der Waals surface area contributed by atoms with Gasteiger partial charge in [0.25, 0.3) is 5.91 Å². The Kier molecular flexibility index (Phi) is 19.2. The Morgan fingerprint density at radius 1 is 1.07 bits per heavy atom. The third-order valence-corrected chi connectivity index (χ3v) is 12.6. The van der Waals surface area contributed by atoms with Crippen molar-refractivity contribution < 1.29 is 46.5 Å². The molecule has 0 spiro atoms. The number of hydrogen-bond acceptors (Lipinski definition) is 9. The molecule has 1 saturated heterocycles. The zero-order valence-corrected chi connectivity index (χ0v) is 40.2. The summed E-state index contributed by atoms with van der Waals surface area (Å²) in [5, 5.41) is 19.1. The number of hydrogen-bond donors (Lipinski definition) is 4. The van der Waals surface area contributed by atoms with Crippen LogP contribution in [0.1, 0.15) is 80.4 Å². The summed E-state index contributed by atoms with van der Waals surface area (Å²) in [6.07, 6.45) is -2.14. The molecule has 3 aromatic rings. The Bertz CT molecular complexity index is 2220. The van der Waals surface area contributed by atoms with E-state index in [1.165, 1.54) is 13.2 Å². The number of aryl methyl sites for hydroxylation is 1. The van der Waals surface area contributed by atoms with E-state index in [0.29, 0.717) is 48.4 Å². The Morgan fingerprint density at radius 3 is 2.54 bits per heavy atom. The number of ether oxygens (including phenoxy) is 3. The van der Waals surface area contributed by atoms with Gasteiger partial charge in [0, 0.05) is 55.1 Å². The minimum atomic E-state index is -4.38. The maximum atomic E-state index is 15.2. The number of nitrogens with one attached hydrogen (secondary N) is 3. The molecule has 2 aliphatic heterocycles. The molecule has 15 heteroatoms. The van der Waals surface area contributed by atoms with Crippen molar-refractivity contribution in [3.63, 3.8) is 0 Å². The first kappa shape index (κ1) is 52.5. The monoisotopic (exact) mass is 936 g/mol. The van der Waals surface area contributed by atoms with Crippen molar-refractivity contribution in [3.8, 4) is 29.1 Å². The second-order valence-electron chi connectivity index (χ2n) is 18.3. The van der Waals surface area contributed by atoms with Gasteiger partial charge in [-0.15, -0.1) is 0 Å². The lowest BCUT2D eigenvalue weighted by molar-refractivity contribution is -0.144. The van der Waals surface area contributed by atoms with Gasteiger partial charge in [-0.1, -0.05) is 76.7 Å². The Morgan fingerprint density at radius 2 is 1.85 bits per heavy atom. The highest BCUT2D eigenvalue weighted by Crippen LogP contribution is 2.35. The maximum Gasteiger partial charge on any atom is 0.389 e. The fourth-order valence-corrected chi connectivity index (χ4v) is 9.00. The lowest BCUT2D eigenvalue weighted by Crippen LogP contribution is -2.54. The molecule has 2 aliphatic rings. The molecule has 0 aliphatic carbocycles. The van der Waals surface area contributed by atoms with Gasteiger partial charge in [-0.25, -0.2) is 4.39 Å². The van der Waals surface area contributed by atoms with Crippen LogP contribution < -0.4 is 35.1 Å². The Balaban J connectivity index is 1.29. The smallest absolute Gasteiger partial charge is 0.389 e. The average Bonchev–Trinajstić information content (AvgIpc) is 3.27. The lowest BCUT2D eigenvalue weighted by Gasteiger charge is -2.37. The van der Waals surface area contributed by atoms with E-state index >= 15 is 4.39 Å². The van der Waals surface area contributed by atoms with E-state index in [1.807, 2.05) is 94.9 Å². The van der Waals surface area contributed by atoms with Crippen LogP contribution in [-0.4, -0.2) is 113 Å². The molecule has 0 aromatic heterocycles. The first-order chi connectivity index (χ1) is 31.9. The van der Waals surface area contributed by atoms with Gasteiger partial charge in [0.2, 0.25) is 5.91 Å². The number of nitrogens with zero attached hydrogens (tertiary/aromatic N) is 2. The number of likely N-dealkylation sites (tertiary alicyclic amines) is 1. The summed E-state index contributed by atoms with van der Waals surface area (Å²) < 4.78 is 74.8. The molecular formula is C52H69F4N5O6. The second kappa shape index (κ2) is 24.5. The number of fused-ring (bicyclic) bond motifs is 1. The molecular weight excluding hydrogens is 867 g/mol. The minimum absolute atomic E-state index is 0.00279. The zero-order valence-electron chi connectivity index (χ0n) is 40.2. The molecule has 1 fully saturated rings. The van der Waals surface area contributed by atoms with Crippen LogP contribution in [0.2, 0.25) is 0 Å². The molecule has 5 rings (SSSR count). The molecule has 366 valence electrons. The highest BCUT2D eigenvalue weighted by Gasteiger charge is 2.35. The van der Waals surface area contributed by atoms with Crippen molar-refractivity contribution >= 4 is 23.2 Å². The number of anilines is 2. The largest absolute Gasteiger partial charge is 0.493 e. The van der Waals surface area contributed by atoms with Gasteiger partial charge in [-0.2, -0.15) is 13.2 Å². The highest BCUT2D eigenvalue weighted by molar-refractivity contribution is 5.95. The molecule has 6 atom stereocenters. The summed E-state index contributed by atoms with van der Waals surface area (Å²) in [7, 11) is 5.23. The van der Waals surface area contributed by atoms with Crippen molar-refractivity contribution in [2.75, 3.05) is 70.9 Å². The molecule has 2 unspecified atom stereocenters. The van der Waals surface area contributed by atoms with Crippen LogP contribution in [-0.2, 0) is 17.6 Å². The van der Waals surface area contributed by atoms with E-state index in [4.69, 9.17) is 14.2 Å². The standard InChI is InChI=1S/C52H69F4N5O6/c1-9-12-34(4)39(30-52(54,55)56)25-36(26-42-35(5)13-10-15-44(42)59-45-20-22-60(6)31-43(45)53)14-11-23-67-48-28-38(17-19-47(48)65-8)50(63)57-21-24-66-41-18-16-37-27-40(32-62)58-51(64)49(33(2)3)61(7)46(37)29-41/h10,13,15-19,25,28-29,33-34,39-40,43,45,49,59,62H,9,12,20-24,26-27,30-32H2,1-8H3,(H,57,63)(H,58,64)/b36-25+/t34?,39?,40-,43-,45+,49-/m0/s1. The van der Waals surface area contributed by atoms with Crippen LogP contribution in [0.5, 0.6) is 17.2 Å². The molecule has 4 N–H and O–H groups in total. The average molecular weight is 936 g/mol. The fraction of sp³-hybridized carbons (Fsp3) is 0.538. The number of carbonyl (C=O) groups excluding carboxylic acids is 2. The summed E-state index contributed by atoms with van der Waals surface area (Å²) in [5.74, 6) is 5.72. The Labute approximate surface area is 394 Å². The number of aliphatic hydroxyl groups excluding tert-OH is 1. The van der Waals surface area contributed by atoms with Gasteiger partial charge in [-0.05, 0) is 91.6 Å². The molecule has 0 radical (unpaired) electrons. The number of rotatable bonds is 19. The number of alkyl halides is 4. The normalized spacial score (nSPS) is 20.1. The van der Waals surface area contributed by atoms with Gasteiger partial charge < -0.3 is 45.1 Å². The molecule has 3 aromatic carbocycles. The van der Waals surface area contributed by atoms with Crippen LogP contribution >= 0.6 is 0 Å². The van der Waals surface area contributed by atoms with Crippen LogP contribution in [0.15, 0.2) is 66.2 Å². The van der Waals surface area contributed by atoms with Gasteiger partial charge >= 0.3 is 6.18 Å². The van der Waals surface area contributed by atoms with Crippen LogP contribution in [0.25, 0.3) is 0 Å². The number of amides is 2. The van der Waals surface area contributed by atoms with Crippen molar-refractivity contribution in [3.05, 3.63) is 88.5 Å². The van der Waals surface area contributed by atoms with Gasteiger partial charge in [0.1, 0.15) is 31.2 Å². The third-order valence-electron chi connectivity index (χ3n) is 12.6. The lowest BCUT2D eigenvalue weighted by atomic mass is 9.84. The molecule has 11 nitrogen and oxygen atoms in total. The summed E-state index contributed by atoms with van der Waals surface area (Å²) in [5.41, 5.74) is 5.06. The zero-order chi connectivity index (χ0) is 48.8. The van der Waals surface area contributed by atoms with E-state index in [2.05, 4.69) is 27.8 Å². The van der Waals surface area contributed by atoms with E-state index < -0.39 is 42.8 Å². The van der Waals surface area contributed by atoms with Crippen LogP contribution in [0.4, 0.5) is 28.9 Å². The van der Waals surface area contributed by atoms with E-state index in [0.717, 1.165) is 41.0 Å². The van der Waals surface area contributed by atoms with Crippen molar-refractivity contribution in [2.45, 2.75) is 104 Å². The van der Waals surface area contributed by atoms with Gasteiger partial charge in [0.15, 0.2) is 11.5 Å². The maximum absolute atomic E-state index is 15.2. The number of halogens is 4. The van der Waals surface area contributed by atoms with E-state index in [9.17, 15) is 27.9 Å². The van der Waals surface area contributed by atoms with Crippen molar-refractivity contribution in [1.82, 2.24) is 15.5 Å². The van der Waals surface area contributed by atoms with Gasteiger partial charge in [0.05, 0.1) is 38.8 Å². The predicted octanol–water partition coefficient (Wildman–Crippen LogP) is 8.32. The molecule has 0 bridgehead atoms. The van der Waals surface area contributed by atoms with E-state index in [1.54, 1.807) is 18.2 Å². The number of carbonyl (C=O) groups is 2. The topological polar surface area (TPSA) is 125 Å². The van der Waals surface area contributed by atoms with Crippen LogP contribution in [0.3, 0.4) is 0 Å². The number of methoxy groups -OCH3 is 1. The SMILES string of the molecule is CCCC(C)C(/C=C(\C#CCOc1cc(C(=O)NCCOc2ccc3c(c2)N(C)[C@@H](C(C)C)C(=O)N[C@H](CO)C3)ccc1OC)Cc1c(C)cccc1N[C@@H]1CCN(C)C[C@@H]1F)CC(F)(F)F. The first-order valence-corrected chi connectivity index (χ1v) is 23.3. The van der Waals surface area contributed by atoms with E-state index in [-0.39, 0.29) is 62.2 Å². The third kappa shape index (κ3) is 15.0. The van der Waals surface area contributed by atoms with Gasteiger partial charge in [-0.3, -0.25) is 9.59 Å². The van der Waals surface area contributed by atoms with Crippen molar-refractivity contribution in [1.29, 1.82) is 0 Å². The minimum Gasteiger partial charge on any atom is -0.493 e. The number of allylic oxidation sites excluding steroid dienone is 2. The molecule has 0 saturated carbocycles. The van der Waals surface area contributed by atoms with Crippen LogP contribution in [0, 0.1) is 36.5 Å². The van der Waals surface area contributed by atoms with Crippen molar-refractivity contribution in [2.24, 2.45) is 17.8 Å². The second-order valence-corrected chi connectivity index (χ2v) is 18.3. The summed E-state index contributed by atoms with van der Waals surface area (Å²) >= 11 is 0. The molecule has 2 amide bonds. The quantitative estimate of drug-likeness (QED) is 0.0534. The number of benzene rings is 3. The molecule has 2 heterocycles. The summed E-state index contributed by atoms with van der Waals surface area (Å²) in [6, 6.07) is 14.8. The highest BCUT2D eigenvalue weighted by atomic mass is 19.4. The predicted molar refractivity (Wildman–Crippen MR) is 256 cm³/mol. The Hall–Kier alpha value is -5.46. The first-order valence-electron chi connectivity index (χ1n) is 23.3. The number of piperidine rings is 1. The summed E-state index contributed by atoms with van der Waals surface area (Å²) in [6.45, 7) is 10.7. The summed E-state index contributed by atoms with van der Waals surface area (Å²) in [4.78, 5) is 30.3. The number of aliphatic hydroxyl groups is 1.